The summed E-state index contributed by atoms with van der Waals surface area (Å²) < 4.78 is 11.7. The van der Waals surface area contributed by atoms with E-state index in [0.29, 0.717) is 32.1 Å². The predicted octanol–water partition coefficient (Wildman–Crippen LogP) is 3.01. The molecule has 0 saturated carbocycles. The summed E-state index contributed by atoms with van der Waals surface area (Å²) >= 11 is 0. The van der Waals surface area contributed by atoms with Gasteiger partial charge in [0.05, 0.1) is 26.2 Å². The number of anilines is 2. The van der Waals surface area contributed by atoms with Crippen LogP contribution in [-0.4, -0.2) is 55.2 Å². The van der Waals surface area contributed by atoms with E-state index in [1.807, 2.05) is 37.3 Å². The fourth-order valence-electron chi connectivity index (χ4n) is 4.10. The van der Waals surface area contributed by atoms with Crippen molar-refractivity contribution < 1.29 is 24.2 Å². The number of rotatable bonds is 4. The molecule has 0 aliphatic carbocycles. The summed E-state index contributed by atoms with van der Waals surface area (Å²) in [5.41, 5.74) is 0.830. The number of phenolic OH excluding ortho intramolecular Hbond substituents is 1. The first-order chi connectivity index (χ1) is 14.4. The highest BCUT2D eigenvalue weighted by Gasteiger charge is 2.40. The molecule has 2 aliphatic rings. The molecule has 1 atom stereocenters. The van der Waals surface area contributed by atoms with E-state index >= 15 is 0 Å². The third kappa shape index (κ3) is 3.98. The van der Waals surface area contributed by atoms with Crippen LogP contribution in [0.1, 0.15) is 30.6 Å². The van der Waals surface area contributed by atoms with Crippen LogP contribution >= 0.6 is 0 Å². The molecule has 158 valence electrons. The molecule has 0 spiro atoms. The smallest absolute Gasteiger partial charge is 0.223 e. The monoisotopic (exact) mass is 410 g/mol. The average molecular weight is 410 g/mol. The molecule has 1 fully saturated rings. The van der Waals surface area contributed by atoms with Crippen molar-refractivity contribution in [3.63, 3.8) is 0 Å². The van der Waals surface area contributed by atoms with Crippen molar-refractivity contribution in [1.29, 1.82) is 0 Å². The van der Waals surface area contributed by atoms with E-state index in [0.717, 1.165) is 11.4 Å². The highest BCUT2D eigenvalue weighted by Crippen LogP contribution is 2.42. The Morgan fingerprint density at radius 1 is 1.20 bits per heavy atom. The molecule has 7 nitrogen and oxygen atoms in total. The van der Waals surface area contributed by atoms with Crippen LogP contribution in [0.15, 0.2) is 42.5 Å². The zero-order valence-corrected chi connectivity index (χ0v) is 17.3. The predicted molar refractivity (Wildman–Crippen MR) is 114 cm³/mol. The maximum Gasteiger partial charge on any atom is 0.223 e. The van der Waals surface area contributed by atoms with Crippen molar-refractivity contribution in [2.45, 2.75) is 25.9 Å². The highest BCUT2D eigenvalue weighted by molar-refractivity contribution is 6.03. The Hall–Kier alpha value is -3.06. The van der Waals surface area contributed by atoms with E-state index < -0.39 is 5.60 Å². The molecule has 2 heterocycles. The largest absolute Gasteiger partial charge is 0.507 e. The number of nitrogens with zero attached hydrogens (tertiary/aromatic N) is 2. The number of carbonyl (C=O) groups is 2. The van der Waals surface area contributed by atoms with Crippen LogP contribution in [-0.2, 0) is 9.53 Å². The van der Waals surface area contributed by atoms with E-state index in [9.17, 15) is 14.7 Å². The molecule has 30 heavy (non-hydrogen) atoms. The molecule has 2 aliphatic heterocycles. The lowest BCUT2D eigenvalue weighted by Crippen LogP contribution is -2.50. The number of aromatic hydroxyl groups is 1. The lowest BCUT2D eigenvalue weighted by atomic mass is 9.90. The van der Waals surface area contributed by atoms with Crippen LogP contribution in [0, 0.1) is 0 Å². The molecule has 1 amide bonds. The van der Waals surface area contributed by atoms with Gasteiger partial charge in [-0.15, -0.1) is 0 Å². The SMILES string of the molecule is CC(=O)N(CC1(C)CC(=O)c2c(O)cc(N3CCOCC3)cc2O1)c1ccccc1. The lowest BCUT2D eigenvalue weighted by Gasteiger charge is -2.39. The van der Waals surface area contributed by atoms with Crippen molar-refractivity contribution in [3.05, 3.63) is 48.0 Å². The molecule has 0 radical (unpaired) electrons. The summed E-state index contributed by atoms with van der Waals surface area (Å²) in [5.74, 6) is -0.0464. The number of carbonyl (C=O) groups excluding carboxylic acids is 2. The zero-order valence-electron chi connectivity index (χ0n) is 17.3. The molecule has 2 aromatic carbocycles. The van der Waals surface area contributed by atoms with Gasteiger partial charge >= 0.3 is 0 Å². The van der Waals surface area contributed by atoms with Gasteiger partial charge in [-0.2, -0.15) is 0 Å². The van der Waals surface area contributed by atoms with Gasteiger partial charge in [0.15, 0.2) is 5.78 Å². The third-order valence-electron chi connectivity index (χ3n) is 5.55. The van der Waals surface area contributed by atoms with Gasteiger partial charge in [0.1, 0.15) is 22.7 Å². The van der Waals surface area contributed by atoms with Gasteiger partial charge in [0.2, 0.25) is 5.91 Å². The van der Waals surface area contributed by atoms with Crippen molar-refractivity contribution in [3.8, 4) is 11.5 Å². The molecule has 4 rings (SSSR count). The maximum atomic E-state index is 12.9. The van der Waals surface area contributed by atoms with Gasteiger partial charge in [0, 0.05) is 43.5 Å². The van der Waals surface area contributed by atoms with Crippen LogP contribution in [0.4, 0.5) is 11.4 Å². The Labute approximate surface area is 175 Å². The molecule has 1 saturated heterocycles. The molecule has 7 heteroatoms. The van der Waals surface area contributed by atoms with Crippen LogP contribution < -0.4 is 14.5 Å². The molecule has 2 aromatic rings. The number of morpholine rings is 1. The number of ether oxygens (including phenoxy) is 2. The summed E-state index contributed by atoms with van der Waals surface area (Å²) in [4.78, 5) is 29.0. The normalized spacial score (nSPS) is 21.0. The van der Waals surface area contributed by atoms with Crippen molar-refractivity contribution in [1.82, 2.24) is 0 Å². The van der Waals surface area contributed by atoms with Crippen LogP contribution in [0.2, 0.25) is 0 Å². The first-order valence-corrected chi connectivity index (χ1v) is 10.1. The lowest BCUT2D eigenvalue weighted by molar-refractivity contribution is -0.117. The van der Waals surface area contributed by atoms with E-state index in [1.165, 1.54) is 6.92 Å². The summed E-state index contributed by atoms with van der Waals surface area (Å²) in [6.45, 7) is 6.17. The summed E-state index contributed by atoms with van der Waals surface area (Å²) in [7, 11) is 0. The topological polar surface area (TPSA) is 79.3 Å². The van der Waals surface area contributed by atoms with Gasteiger partial charge in [-0.3, -0.25) is 9.59 Å². The number of para-hydroxylation sites is 1. The number of Topliss-reactive ketones (excluding diaryl/α,β-unsaturated/α-hetero) is 1. The molecule has 0 aromatic heterocycles. The minimum atomic E-state index is -0.915. The second-order valence-electron chi connectivity index (χ2n) is 8.03. The number of phenols is 1. The number of ketones is 1. The summed E-state index contributed by atoms with van der Waals surface area (Å²) in [6, 6.07) is 12.7. The van der Waals surface area contributed by atoms with Crippen molar-refractivity contribution in [2.75, 3.05) is 42.6 Å². The quantitative estimate of drug-likeness (QED) is 0.835. The van der Waals surface area contributed by atoms with Crippen molar-refractivity contribution in [2.24, 2.45) is 0 Å². The fraction of sp³-hybridized carbons (Fsp3) is 0.391. The van der Waals surface area contributed by atoms with Crippen molar-refractivity contribution >= 4 is 23.1 Å². The summed E-state index contributed by atoms with van der Waals surface area (Å²) in [6.07, 6.45) is 0.0705. The number of hydrogen-bond donors (Lipinski definition) is 1. The number of amides is 1. The highest BCUT2D eigenvalue weighted by atomic mass is 16.5. The third-order valence-corrected chi connectivity index (χ3v) is 5.55. The Kier molecular flexibility index (Phi) is 5.39. The Balaban J connectivity index is 1.64. The van der Waals surface area contributed by atoms with Gasteiger partial charge in [-0.1, -0.05) is 18.2 Å². The second kappa shape index (κ2) is 7.99. The van der Waals surface area contributed by atoms with E-state index in [4.69, 9.17) is 9.47 Å². The molecular formula is C23H26N2O5. The minimum Gasteiger partial charge on any atom is -0.507 e. The first kappa shape index (κ1) is 20.2. The van der Waals surface area contributed by atoms with E-state index in [1.54, 1.807) is 17.0 Å². The van der Waals surface area contributed by atoms with E-state index in [2.05, 4.69) is 4.90 Å². The Morgan fingerprint density at radius 2 is 1.90 bits per heavy atom. The fourth-order valence-corrected chi connectivity index (χ4v) is 4.10. The van der Waals surface area contributed by atoms with Gasteiger partial charge in [-0.05, 0) is 19.1 Å². The van der Waals surface area contributed by atoms with Crippen LogP contribution in [0.25, 0.3) is 0 Å². The van der Waals surface area contributed by atoms with Crippen LogP contribution in [0.3, 0.4) is 0 Å². The van der Waals surface area contributed by atoms with Gasteiger partial charge in [0.25, 0.3) is 0 Å². The number of hydrogen-bond acceptors (Lipinski definition) is 6. The van der Waals surface area contributed by atoms with E-state index in [-0.39, 0.29) is 36.0 Å². The number of fused-ring (bicyclic) bond motifs is 1. The molecular weight excluding hydrogens is 384 g/mol. The van der Waals surface area contributed by atoms with Gasteiger partial charge in [-0.25, -0.2) is 0 Å². The second-order valence-corrected chi connectivity index (χ2v) is 8.03. The average Bonchev–Trinajstić information content (AvgIpc) is 2.72. The molecule has 0 bridgehead atoms. The standard InChI is InChI=1S/C23H26N2O5/c1-16(26)25(17-6-4-3-5-7-17)15-23(2)14-20(28)22-19(27)12-18(13-21(22)30-23)24-8-10-29-11-9-24/h3-7,12-13,27H,8-11,14-15H2,1-2H3. The summed E-state index contributed by atoms with van der Waals surface area (Å²) in [5, 5.41) is 10.5. The van der Waals surface area contributed by atoms with Crippen LogP contribution in [0.5, 0.6) is 11.5 Å². The minimum absolute atomic E-state index is 0.0705. The maximum absolute atomic E-state index is 12.9. The number of benzene rings is 2. The molecule has 1 N–H and O–H groups in total. The molecule has 1 unspecified atom stereocenters. The Bertz CT molecular complexity index is 956. The first-order valence-electron chi connectivity index (χ1n) is 10.1. The zero-order chi connectivity index (χ0) is 21.3. The Morgan fingerprint density at radius 3 is 2.57 bits per heavy atom. The van der Waals surface area contributed by atoms with Gasteiger partial charge < -0.3 is 24.4 Å².